The molecule has 1 aromatic carbocycles. The molecule has 1 amide bonds. The van der Waals surface area contributed by atoms with Crippen molar-refractivity contribution in [3.63, 3.8) is 0 Å². The number of carbonyl (C=O) groups is 1. The van der Waals surface area contributed by atoms with Crippen LogP contribution < -0.4 is 5.32 Å². The van der Waals surface area contributed by atoms with Crippen LogP contribution in [0, 0.1) is 11.8 Å². The Bertz CT molecular complexity index is 710. The van der Waals surface area contributed by atoms with Crippen molar-refractivity contribution < 1.29 is 18.0 Å². The van der Waals surface area contributed by atoms with Gasteiger partial charge in [-0.2, -0.15) is 13.2 Å². The van der Waals surface area contributed by atoms with Gasteiger partial charge in [-0.05, 0) is 41.7 Å². The molecule has 130 valence electrons. The van der Waals surface area contributed by atoms with E-state index in [0.29, 0.717) is 32.2 Å². The third-order valence-corrected chi connectivity index (χ3v) is 5.79. The van der Waals surface area contributed by atoms with Gasteiger partial charge < -0.3 is 5.32 Å². The molecule has 1 N–H and O–H groups in total. The van der Waals surface area contributed by atoms with E-state index in [1.165, 1.54) is 4.70 Å². The van der Waals surface area contributed by atoms with E-state index < -0.39 is 23.9 Å². The quantitative estimate of drug-likeness (QED) is 0.828. The number of fused-ring (bicyclic) bond motifs is 1. The van der Waals surface area contributed by atoms with E-state index in [0.717, 1.165) is 10.9 Å². The molecule has 0 bridgehead atoms. The first-order valence-electron chi connectivity index (χ1n) is 8.26. The van der Waals surface area contributed by atoms with E-state index in [1.54, 1.807) is 11.3 Å². The van der Waals surface area contributed by atoms with Crippen LogP contribution in [0.2, 0.25) is 0 Å². The van der Waals surface area contributed by atoms with Gasteiger partial charge in [0.1, 0.15) is 0 Å². The van der Waals surface area contributed by atoms with Crippen LogP contribution >= 0.6 is 11.3 Å². The first kappa shape index (κ1) is 17.3. The molecule has 1 heterocycles. The Morgan fingerprint density at radius 3 is 2.75 bits per heavy atom. The van der Waals surface area contributed by atoms with Crippen LogP contribution in [0.1, 0.15) is 31.2 Å². The summed E-state index contributed by atoms with van der Waals surface area (Å²) in [5.74, 6) is -2.87. The average molecular weight is 355 g/mol. The first-order valence-corrected chi connectivity index (χ1v) is 9.14. The molecule has 6 heteroatoms. The second kappa shape index (κ2) is 7.13. The van der Waals surface area contributed by atoms with Crippen molar-refractivity contribution in [2.45, 2.75) is 38.3 Å². The number of hydrogen-bond acceptors (Lipinski definition) is 2. The van der Waals surface area contributed by atoms with E-state index in [1.807, 2.05) is 24.3 Å². The summed E-state index contributed by atoms with van der Waals surface area (Å²) in [6.07, 6.45) is -2.01. The van der Waals surface area contributed by atoms with Gasteiger partial charge >= 0.3 is 6.18 Å². The lowest BCUT2D eigenvalue weighted by molar-refractivity contribution is -0.198. The molecular weight excluding hydrogens is 335 g/mol. The molecule has 1 aromatic heterocycles. The number of hydrogen-bond donors (Lipinski definition) is 1. The Labute approximate surface area is 143 Å². The average Bonchev–Trinajstić information content (AvgIpc) is 2.97. The highest BCUT2D eigenvalue weighted by molar-refractivity contribution is 7.17. The second-order valence-corrected chi connectivity index (χ2v) is 7.25. The predicted octanol–water partition coefficient (Wildman–Crippen LogP) is 4.93. The monoisotopic (exact) mass is 355 g/mol. The van der Waals surface area contributed by atoms with Gasteiger partial charge in [0.2, 0.25) is 5.91 Å². The number of rotatable bonds is 4. The number of nitrogens with one attached hydrogen (secondary N) is 1. The zero-order valence-corrected chi connectivity index (χ0v) is 14.1. The highest BCUT2D eigenvalue weighted by Crippen LogP contribution is 2.41. The molecule has 1 aliphatic carbocycles. The van der Waals surface area contributed by atoms with Crippen molar-refractivity contribution in [3.8, 4) is 0 Å². The maximum atomic E-state index is 13.1. The van der Waals surface area contributed by atoms with Gasteiger partial charge in [-0.15, -0.1) is 11.3 Å². The summed E-state index contributed by atoms with van der Waals surface area (Å²) >= 11 is 1.64. The van der Waals surface area contributed by atoms with Crippen LogP contribution in [0.25, 0.3) is 10.1 Å². The molecular formula is C18H20F3NOS. The lowest BCUT2D eigenvalue weighted by Crippen LogP contribution is -2.43. The topological polar surface area (TPSA) is 29.1 Å². The normalized spacial score (nSPS) is 21.8. The van der Waals surface area contributed by atoms with Crippen LogP contribution in [0.15, 0.2) is 29.6 Å². The minimum absolute atomic E-state index is 0.0662. The summed E-state index contributed by atoms with van der Waals surface area (Å²) in [4.78, 5) is 12.2. The van der Waals surface area contributed by atoms with Crippen LogP contribution in [0.3, 0.4) is 0 Å². The van der Waals surface area contributed by atoms with Crippen molar-refractivity contribution in [1.29, 1.82) is 0 Å². The van der Waals surface area contributed by atoms with Crippen molar-refractivity contribution in [3.05, 3.63) is 35.2 Å². The van der Waals surface area contributed by atoms with Crippen molar-refractivity contribution in [2.75, 3.05) is 6.54 Å². The highest BCUT2D eigenvalue weighted by atomic mass is 32.1. The second-order valence-electron chi connectivity index (χ2n) is 6.34. The summed E-state index contributed by atoms with van der Waals surface area (Å²) in [6.45, 7) is 0.376. The van der Waals surface area contributed by atoms with Gasteiger partial charge in [0.15, 0.2) is 0 Å². The minimum atomic E-state index is -4.29. The Hall–Kier alpha value is -1.56. The Morgan fingerprint density at radius 2 is 1.96 bits per heavy atom. The smallest absolute Gasteiger partial charge is 0.356 e. The molecule has 1 aliphatic rings. The fourth-order valence-corrected chi connectivity index (χ4v) is 4.51. The summed E-state index contributed by atoms with van der Waals surface area (Å²) in [5.41, 5.74) is 1.13. The number of amides is 1. The van der Waals surface area contributed by atoms with Gasteiger partial charge in [0, 0.05) is 17.2 Å². The fraction of sp³-hybridized carbons (Fsp3) is 0.500. The largest absolute Gasteiger partial charge is 0.392 e. The third kappa shape index (κ3) is 3.74. The van der Waals surface area contributed by atoms with E-state index in [4.69, 9.17) is 0 Å². The first-order chi connectivity index (χ1) is 11.5. The van der Waals surface area contributed by atoms with Gasteiger partial charge in [0.05, 0.1) is 5.92 Å². The molecule has 3 rings (SSSR count). The molecule has 0 aliphatic heterocycles. The lowest BCUT2D eigenvalue weighted by Gasteiger charge is -2.32. The summed E-state index contributed by atoms with van der Waals surface area (Å²) in [6, 6.07) is 8.01. The zero-order chi connectivity index (χ0) is 17.2. The maximum Gasteiger partial charge on any atom is 0.392 e. The molecule has 0 radical (unpaired) electrons. The van der Waals surface area contributed by atoms with Crippen LogP contribution in [-0.4, -0.2) is 18.6 Å². The SMILES string of the molecule is O=C(NCCc1csc2ccccc12)C1CCCCC1C(F)(F)F. The summed E-state index contributed by atoms with van der Waals surface area (Å²) in [5, 5.41) is 5.93. The van der Waals surface area contributed by atoms with E-state index >= 15 is 0 Å². The van der Waals surface area contributed by atoms with Gasteiger partial charge in [-0.25, -0.2) is 0 Å². The zero-order valence-electron chi connectivity index (χ0n) is 13.2. The molecule has 2 aromatic rings. The Morgan fingerprint density at radius 1 is 1.21 bits per heavy atom. The van der Waals surface area contributed by atoms with Crippen LogP contribution in [0.5, 0.6) is 0 Å². The number of benzene rings is 1. The molecule has 24 heavy (non-hydrogen) atoms. The number of halogens is 3. The van der Waals surface area contributed by atoms with Crippen LogP contribution in [-0.2, 0) is 11.2 Å². The molecule has 0 saturated heterocycles. The molecule has 2 nitrogen and oxygen atoms in total. The number of alkyl halides is 3. The summed E-state index contributed by atoms with van der Waals surface area (Å²) < 4.78 is 40.5. The van der Waals surface area contributed by atoms with Crippen molar-refractivity contribution in [1.82, 2.24) is 5.32 Å². The Balaban J connectivity index is 1.58. The number of carbonyl (C=O) groups excluding carboxylic acids is 1. The van der Waals surface area contributed by atoms with E-state index in [2.05, 4.69) is 10.7 Å². The van der Waals surface area contributed by atoms with Gasteiger partial charge in [-0.3, -0.25) is 4.79 Å². The van der Waals surface area contributed by atoms with Gasteiger partial charge in [0.25, 0.3) is 0 Å². The number of thiophene rings is 1. The molecule has 0 spiro atoms. The lowest BCUT2D eigenvalue weighted by atomic mass is 9.78. The van der Waals surface area contributed by atoms with Crippen molar-refractivity contribution in [2.24, 2.45) is 11.8 Å². The maximum absolute atomic E-state index is 13.1. The molecule has 1 saturated carbocycles. The standard InChI is InChI=1S/C18H20F3NOS/c19-18(20,21)15-7-3-1-6-14(15)17(23)22-10-9-12-11-24-16-8-4-2-5-13(12)16/h2,4-5,8,11,14-15H,1,3,6-7,9-10H2,(H,22,23). The summed E-state index contributed by atoms with van der Waals surface area (Å²) in [7, 11) is 0. The van der Waals surface area contributed by atoms with E-state index in [-0.39, 0.29) is 6.42 Å². The van der Waals surface area contributed by atoms with Gasteiger partial charge in [-0.1, -0.05) is 31.0 Å². The fourth-order valence-electron chi connectivity index (χ4n) is 3.51. The molecule has 2 unspecified atom stereocenters. The third-order valence-electron chi connectivity index (χ3n) is 4.78. The predicted molar refractivity (Wildman–Crippen MR) is 90.0 cm³/mol. The highest BCUT2D eigenvalue weighted by Gasteiger charge is 2.47. The Kier molecular flexibility index (Phi) is 5.13. The van der Waals surface area contributed by atoms with Crippen molar-refractivity contribution >= 4 is 27.3 Å². The molecule has 2 atom stereocenters. The van der Waals surface area contributed by atoms with Crippen LogP contribution in [0.4, 0.5) is 13.2 Å². The van der Waals surface area contributed by atoms with E-state index in [9.17, 15) is 18.0 Å². The molecule has 1 fully saturated rings. The minimum Gasteiger partial charge on any atom is -0.356 e.